The van der Waals surface area contributed by atoms with Gasteiger partial charge in [0.25, 0.3) is 5.91 Å². The number of para-hydroxylation sites is 1. The minimum atomic E-state index is -0.418. The molecule has 5 nitrogen and oxygen atoms in total. The summed E-state index contributed by atoms with van der Waals surface area (Å²) in [7, 11) is 0. The number of nitrogens with zero attached hydrogens (tertiary/aromatic N) is 1. The highest BCUT2D eigenvalue weighted by Crippen LogP contribution is 2.58. The van der Waals surface area contributed by atoms with Crippen LogP contribution in [0.15, 0.2) is 24.3 Å². The molecule has 0 radical (unpaired) electrons. The number of fused-ring (bicyclic) bond motifs is 3. The van der Waals surface area contributed by atoms with Crippen LogP contribution in [0.5, 0.6) is 0 Å². The van der Waals surface area contributed by atoms with Gasteiger partial charge in [0.05, 0.1) is 5.56 Å². The Balaban J connectivity index is 1.64. The monoisotopic (exact) mass is 355 g/mol. The summed E-state index contributed by atoms with van der Waals surface area (Å²) >= 11 is 0. The van der Waals surface area contributed by atoms with Crippen molar-refractivity contribution in [2.24, 2.45) is 17.3 Å². The summed E-state index contributed by atoms with van der Waals surface area (Å²) in [6, 6.07) is 7.71. The van der Waals surface area contributed by atoms with E-state index in [2.05, 4.69) is 17.6 Å². The van der Waals surface area contributed by atoms with Crippen molar-refractivity contribution in [3.8, 4) is 0 Å². The molecule has 4 atom stereocenters. The largest absolute Gasteiger partial charge is 0.362 e. The third kappa shape index (κ3) is 2.43. The van der Waals surface area contributed by atoms with Crippen LogP contribution in [-0.4, -0.2) is 35.5 Å². The lowest BCUT2D eigenvalue weighted by molar-refractivity contribution is -0.150. The Hall–Kier alpha value is -2.04. The molecule has 1 aromatic rings. The lowest BCUT2D eigenvalue weighted by atomic mass is 9.51. The Kier molecular flexibility index (Phi) is 4.01. The van der Waals surface area contributed by atoms with Gasteiger partial charge in [-0.05, 0) is 57.1 Å². The number of nitrogens with one attached hydrogen (secondary N) is 2. The summed E-state index contributed by atoms with van der Waals surface area (Å²) in [5.74, 6) is 0.635. The summed E-state index contributed by atoms with van der Waals surface area (Å²) in [6.07, 6.45) is 3.76. The highest BCUT2D eigenvalue weighted by molar-refractivity contribution is 6.02. The van der Waals surface area contributed by atoms with Crippen LogP contribution < -0.4 is 10.6 Å². The van der Waals surface area contributed by atoms with Gasteiger partial charge in [-0.25, -0.2) is 0 Å². The first kappa shape index (κ1) is 17.4. The molecule has 2 N–H and O–H groups in total. The highest BCUT2D eigenvalue weighted by atomic mass is 16.2. The fourth-order valence-corrected chi connectivity index (χ4v) is 5.58. The molecule has 4 aliphatic rings. The summed E-state index contributed by atoms with van der Waals surface area (Å²) in [6.45, 7) is 7.86. The summed E-state index contributed by atoms with van der Waals surface area (Å²) in [4.78, 5) is 27.8. The zero-order valence-corrected chi connectivity index (χ0v) is 16.0. The molecule has 1 heterocycles. The van der Waals surface area contributed by atoms with Crippen molar-refractivity contribution in [3.05, 3.63) is 29.8 Å². The van der Waals surface area contributed by atoms with E-state index in [0.29, 0.717) is 11.5 Å². The van der Waals surface area contributed by atoms with E-state index in [1.54, 1.807) is 0 Å². The molecule has 3 saturated carbocycles. The lowest BCUT2D eigenvalue weighted by Crippen LogP contribution is -2.70. The van der Waals surface area contributed by atoms with Gasteiger partial charge in [0, 0.05) is 30.6 Å². The van der Waals surface area contributed by atoms with Crippen LogP contribution >= 0.6 is 0 Å². The van der Waals surface area contributed by atoms with E-state index < -0.39 is 5.66 Å². The minimum Gasteiger partial charge on any atom is -0.362 e. The van der Waals surface area contributed by atoms with E-state index in [0.717, 1.165) is 44.5 Å². The smallest absolute Gasteiger partial charge is 0.255 e. The van der Waals surface area contributed by atoms with E-state index >= 15 is 0 Å². The second-order valence-corrected chi connectivity index (χ2v) is 8.46. The van der Waals surface area contributed by atoms with Crippen molar-refractivity contribution in [3.63, 3.8) is 0 Å². The van der Waals surface area contributed by atoms with Crippen molar-refractivity contribution in [2.75, 3.05) is 18.4 Å². The van der Waals surface area contributed by atoms with E-state index in [1.807, 2.05) is 43.0 Å². The van der Waals surface area contributed by atoms with Gasteiger partial charge in [-0.1, -0.05) is 19.1 Å². The highest BCUT2D eigenvalue weighted by Gasteiger charge is 2.60. The van der Waals surface area contributed by atoms with Gasteiger partial charge in [0.15, 0.2) is 0 Å². The zero-order valence-electron chi connectivity index (χ0n) is 16.0. The number of benzene rings is 1. The molecule has 0 aromatic heterocycles. The Morgan fingerprint density at radius 2 is 1.96 bits per heavy atom. The molecule has 1 aromatic carbocycles. The van der Waals surface area contributed by atoms with Gasteiger partial charge in [-0.15, -0.1) is 0 Å². The number of hydrogen-bond acceptors (Lipinski definition) is 3. The first-order valence-corrected chi connectivity index (χ1v) is 9.91. The maximum absolute atomic E-state index is 13.1. The van der Waals surface area contributed by atoms with Crippen LogP contribution in [0.3, 0.4) is 0 Å². The summed E-state index contributed by atoms with van der Waals surface area (Å²) in [5.41, 5.74) is 1.12. The SMILES string of the molecule is CCN(CC)C(=O)[C@H]1C[C@H]2CC[C@@]1(C)C[C@]21NC(=O)c2ccccc2N1. The molecule has 5 rings (SSSR count). The third-order valence-electron chi connectivity index (χ3n) is 7.04. The van der Waals surface area contributed by atoms with Crippen molar-refractivity contribution in [1.82, 2.24) is 10.2 Å². The molecule has 0 saturated heterocycles. The van der Waals surface area contributed by atoms with Gasteiger partial charge in [0.1, 0.15) is 5.66 Å². The number of rotatable bonds is 3. The summed E-state index contributed by atoms with van der Waals surface area (Å²) < 4.78 is 0. The van der Waals surface area contributed by atoms with Crippen LogP contribution in [0.4, 0.5) is 5.69 Å². The predicted octanol–water partition coefficient (Wildman–Crippen LogP) is 3.23. The zero-order chi connectivity index (χ0) is 18.5. The Morgan fingerprint density at radius 1 is 1.23 bits per heavy atom. The predicted molar refractivity (Wildman–Crippen MR) is 102 cm³/mol. The quantitative estimate of drug-likeness (QED) is 0.875. The topological polar surface area (TPSA) is 61.4 Å². The second kappa shape index (κ2) is 6.00. The van der Waals surface area contributed by atoms with E-state index in [1.165, 1.54) is 0 Å². The van der Waals surface area contributed by atoms with Crippen LogP contribution in [0.1, 0.15) is 56.8 Å². The average molecular weight is 355 g/mol. The molecular formula is C21H29N3O2. The van der Waals surface area contributed by atoms with E-state index in [-0.39, 0.29) is 23.2 Å². The molecule has 3 fully saturated rings. The van der Waals surface area contributed by atoms with Gasteiger partial charge in [0.2, 0.25) is 5.91 Å². The van der Waals surface area contributed by atoms with Crippen molar-refractivity contribution in [1.29, 1.82) is 0 Å². The summed E-state index contributed by atoms with van der Waals surface area (Å²) in [5, 5.41) is 6.95. The maximum Gasteiger partial charge on any atom is 0.255 e. The normalized spacial score (nSPS) is 34.8. The van der Waals surface area contributed by atoms with Crippen LogP contribution in [-0.2, 0) is 4.79 Å². The number of amides is 2. The van der Waals surface area contributed by atoms with Gasteiger partial charge >= 0.3 is 0 Å². The molecular weight excluding hydrogens is 326 g/mol. The minimum absolute atomic E-state index is 0.00196. The molecule has 140 valence electrons. The molecule has 3 aliphatic carbocycles. The van der Waals surface area contributed by atoms with E-state index in [4.69, 9.17) is 0 Å². The van der Waals surface area contributed by atoms with Crippen molar-refractivity contribution >= 4 is 17.5 Å². The molecule has 0 unspecified atom stereocenters. The molecule has 5 heteroatoms. The molecule has 2 amide bonds. The maximum atomic E-state index is 13.1. The molecule has 26 heavy (non-hydrogen) atoms. The van der Waals surface area contributed by atoms with Crippen molar-refractivity contribution < 1.29 is 9.59 Å². The van der Waals surface area contributed by atoms with E-state index in [9.17, 15) is 9.59 Å². The van der Waals surface area contributed by atoms with Crippen LogP contribution in [0.2, 0.25) is 0 Å². The van der Waals surface area contributed by atoms with Crippen LogP contribution in [0, 0.1) is 17.3 Å². The fraction of sp³-hybridized carbons (Fsp3) is 0.619. The molecule has 1 aliphatic heterocycles. The number of carbonyl (C=O) groups is 2. The number of hydrogen-bond donors (Lipinski definition) is 2. The second-order valence-electron chi connectivity index (χ2n) is 8.46. The Morgan fingerprint density at radius 3 is 2.65 bits per heavy atom. The van der Waals surface area contributed by atoms with Crippen molar-refractivity contribution in [2.45, 2.75) is 52.1 Å². The number of anilines is 1. The number of carbonyl (C=O) groups excluding carboxylic acids is 2. The van der Waals surface area contributed by atoms with Gasteiger partial charge in [-0.3, -0.25) is 9.59 Å². The fourth-order valence-electron chi connectivity index (χ4n) is 5.58. The van der Waals surface area contributed by atoms with Crippen LogP contribution in [0.25, 0.3) is 0 Å². The Labute approximate surface area is 155 Å². The van der Waals surface area contributed by atoms with Gasteiger partial charge in [-0.2, -0.15) is 0 Å². The Bertz CT molecular complexity index is 745. The standard InChI is InChI=1S/C21H29N3O2/c1-4-24(5-2)19(26)16-12-14-10-11-20(16,3)13-21(14)22-17-9-7-6-8-15(17)18(25)23-21/h6-9,14,16,22H,4-5,10-13H2,1-3H3,(H,23,25)/t14-,16-,20+,21+/m1/s1. The third-order valence-corrected chi connectivity index (χ3v) is 7.04. The molecule has 2 bridgehead atoms. The molecule has 1 spiro atoms. The first-order chi connectivity index (χ1) is 12.4. The first-order valence-electron chi connectivity index (χ1n) is 9.91. The van der Waals surface area contributed by atoms with Gasteiger partial charge < -0.3 is 15.5 Å². The lowest BCUT2D eigenvalue weighted by Gasteiger charge is -2.61. The average Bonchev–Trinajstić information content (AvgIpc) is 2.62.